The number of hydrogen-bond acceptors (Lipinski definition) is 9. The van der Waals surface area contributed by atoms with Crippen molar-refractivity contribution >= 4 is 5.91 Å². The van der Waals surface area contributed by atoms with Gasteiger partial charge in [-0.2, -0.15) is 0 Å². The Morgan fingerprint density at radius 1 is 0.550 bits per heavy atom. The second-order valence-corrected chi connectivity index (χ2v) is 18.1. The zero-order valence-corrected chi connectivity index (χ0v) is 38.8. The molecule has 356 valence electrons. The molecule has 0 aromatic heterocycles. The molecule has 0 bridgehead atoms. The molecule has 0 aliphatic carbocycles. The molecule has 1 rings (SSSR count). The Labute approximate surface area is 368 Å². The van der Waals surface area contributed by atoms with Crippen molar-refractivity contribution in [3.8, 4) is 0 Å². The number of rotatable bonds is 43. The fourth-order valence-corrected chi connectivity index (χ4v) is 8.28. The molecule has 1 aliphatic heterocycles. The number of carbonyl (C=O) groups excluding carboxylic acids is 1. The van der Waals surface area contributed by atoms with Crippen LogP contribution in [0.2, 0.25) is 0 Å². The third-order valence-corrected chi connectivity index (χ3v) is 12.5. The lowest BCUT2D eigenvalue weighted by Gasteiger charge is -2.40. The molecule has 0 aromatic rings. The van der Waals surface area contributed by atoms with Crippen molar-refractivity contribution in [2.75, 3.05) is 13.2 Å². The highest BCUT2D eigenvalue weighted by molar-refractivity contribution is 5.80. The van der Waals surface area contributed by atoms with Gasteiger partial charge >= 0.3 is 0 Å². The Kier molecular flexibility index (Phi) is 38.6. The van der Waals surface area contributed by atoms with Crippen LogP contribution >= 0.6 is 0 Å². The van der Waals surface area contributed by atoms with E-state index in [-0.39, 0.29) is 6.61 Å². The van der Waals surface area contributed by atoms with Gasteiger partial charge in [0.1, 0.15) is 30.5 Å². The first kappa shape index (κ1) is 56.9. The van der Waals surface area contributed by atoms with Crippen molar-refractivity contribution in [2.24, 2.45) is 0 Å². The first-order valence-electron chi connectivity index (χ1n) is 25.5. The minimum absolute atomic E-state index is 0.254. The highest BCUT2D eigenvalue weighted by Crippen LogP contribution is 2.23. The lowest BCUT2D eigenvalue weighted by Crippen LogP contribution is -2.60. The van der Waals surface area contributed by atoms with Gasteiger partial charge in [-0.3, -0.25) is 4.79 Å². The molecule has 10 nitrogen and oxygen atoms in total. The maximum atomic E-state index is 13.1. The van der Waals surface area contributed by atoms with Crippen LogP contribution < -0.4 is 5.32 Å². The number of ether oxygens (including phenoxy) is 2. The Morgan fingerprint density at radius 3 is 1.35 bits per heavy atom. The fourth-order valence-electron chi connectivity index (χ4n) is 8.28. The second kappa shape index (κ2) is 40.7. The maximum Gasteiger partial charge on any atom is 0.249 e. The number of nitrogens with one attached hydrogen (secondary N) is 1. The highest BCUT2D eigenvalue weighted by Gasteiger charge is 2.44. The van der Waals surface area contributed by atoms with E-state index in [0.717, 1.165) is 57.8 Å². The molecule has 0 saturated carbocycles. The summed E-state index contributed by atoms with van der Waals surface area (Å²) in [6.07, 6.45) is 36.9. The van der Waals surface area contributed by atoms with Gasteiger partial charge in [-0.05, 0) is 38.5 Å². The first-order chi connectivity index (χ1) is 29.3. The van der Waals surface area contributed by atoms with E-state index < -0.39 is 61.5 Å². The van der Waals surface area contributed by atoms with Crippen molar-refractivity contribution in [1.82, 2.24) is 5.32 Å². The molecule has 0 spiro atoms. The van der Waals surface area contributed by atoms with Crippen LogP contribution in [0.1, 0.15) is 239 Å². The summed E-state index contributed by atoms with van der Waals surface area (Å²) in [7, 11) is 0. The van der Waals surface area contributed by atoms with Crippen LogP contribution in [0.4, 0.5) is 0 Å². The lowest BCUT2D eigenvalue weighted by molar-refractivity contribution is -0.302. The Bertz CT molecular complexity index is 968. The van der Waals surface area contributed by atoms with Crippen LogP contribution in [0.25, 0.3) is 0 Å². The van der Waals surface area contributed by atoms with E-state index in [1.807, 2.05) is 0 Å². The molecule has 1 fully saturated rings. The van der Waals surface area contributed by atoms with Crippen LogP contribution in [0.5, 0.6) is 0 Å². The summed E-state index contributed by atoms with van der Waals surface area (Å²) in [6.45, 7) is 3.68. The molecule has 0 radical (unpaired) electrons. The normalized spacial score (nSPS) is 21.1. The Balaban J connectivity index is 2.31. The zero-order chi connectivity index (χ0) is 43.9. The summed E-state index contributed by atoms with van der Waals surface area (Å²) >= 11 is 0. The number of allylic oxidation sites excluding steroid dienone is 2. The van der Waals surface area contributed by atoms with E-state index in [1.54, 1.807) is 0 Å². The predicted octanol–water partition coefficient (Wildman–Crippen LogP) is 10.3. The number of unbranched alkanes of at least 4 members (excludes halogenated alkanes) is 30. The van der Waals surface area contributed by atoms with E-state index >= 15 is 0 Å². The van der Waals surface area contributed by atoms with Crippen molar-refractivity contribution in [3.05, 3.63) is 12.2 Å². The number of aliphatic hydroxyl groups is 6. The van der Waals surface area contributed by atoms with Gasteiger partial charge in [0.2, 0.25) is 5.91 Å². The summed E-state index contributed by atoms with van der Waals surface area (Å²) in [4.78, 5) is 13.1. The van der Waals surface area contributed by atoms with Crippen LogP contribution in [0, 0.1) is 0 Å². The summed E-state index contributed by atoms with van der Waals surface area (Å²) in [5.41, 5.74) is 0. The predicted molar refractivity (Wildman–Crippen MR) is 246 cm³/mol. The monoisotopic (exact) mass is 856 g/mol. The van der Waals surface area contributed by atoms with Crippen molar-refractivity contribution in [2.45, 2.75) is 288 Å². The molecule has 10 heteroatoms. The molecular weight excluding hydrogens is 759 g/mol. The van der Waals surface area contributed by atoms with E-state index in [9.17, 15) is 35.4 Å². The topological polar surface area (TPSA) is 169 Å². The van der Waals surface area contributed by atoms with E-state index in [0.29, 0.717) is 12.8 Å². The molecular formula is C50H97NO9. The minimum atomic E-state index is -1.60. The molecule has 1 saturated heterocycles. The summed E-state index contributed by atoms with van der Waals surface area (Å²) < 4.78 is 11.2. The minimum Gasteiger partial charge on any atom is -0.394 e. The summed E-state index contributed by atoms with van der Waals surface area (Å²) in [5.74, 6) is -0.586. The van der Waals surface area contributed by atoms with Crippen molar-refractivity contribution < 1.29 is 44.9 Å². The smallest absolute Gasteiger partial charge is 0.249 e. The van der Waals surface area contributed by atoms with Crippen LogP contribution in [-0.4, -0.2) is 98.7 Å². The van der Waals surface area contributed by atoms with E-state index in [2.05, 4.69) is 31.3 Å². The molecule has 8 unspecified atom stereocenters. The third-order valence-electron chi connectivity index (χ3n) is 12.5. The SMILES string of the molecule is CCCCCCCCCCCCC/C=C\CCCCCCCCC(O)C(=O)NC(COC1OC(CO)C(O)C(O)C1O)C(O)CCCCCCCCCCCCCCCC. The Hall–Kier alpha value is -1.11. The van der Waals surface area contributed by atoms with Crippen LogP contribution in [0.3, 0.4) is 0 Å². The number of aliphatic hydroxyl groups excluding tert-OH is 6. The average molecular weight is 856 g/mol. The maximum absolute atomic E-state index is 13.1. The van der Waals surface area contributed by atoms with Gasteiger partial charge in [0, 0.05) is 0 Å². The molecule has 1 aliphatic rings. The van der Waals surface area contributed by atoms with Gasteiger partial charge in [-0.25, -0.2) is 0 Å². The van der Waals surface area contributed by atoms with Gasteiger partial charge in [0.25, 0.3) is 0 Å². The largest absolute Gasteiger partial charge is 0.394 e. The van der Waals surface area contributed by atoms with Gasteiger partial charge in [0.15, 0.2) is 6.29 Å². The molecule has 7 N–H and O–H groups in total. The molecule has 0 aromatic carbocycles. The molecule has 60 heavy (non-hydrogen) atoms. The lowest BCUT2D eigenvalue weighted by atomic mass is 9.99. The molecule has 1 heterocycles. The van der Waals surface area contributed by atoms with Gasteiger partial charge in [-0.1, -0.05) is 212 Å². The average Bonchev–Trinajstić information content (AvgIpc) is 3.25. The van der Waals surface area contributed by atoms with Gasteiger partial charge in [-0.15, -0.1) is 0 Å². The first-order valence-corrected chi connectivity index (χ1v) is 25.5. The van der Waals surface area contributed by atoms with E-state index in [4.69, 9.17) is 9.47 Å². The Morgan fingerprint density at radius 2 is 0.933 bits per heavy atom. The highest BCUT2D eigenvalue weighted by atomic mass is 16.7. The van der Waals surface area contributed by atoms with Crippen LogP contribution in [-0.2, 0) is 14.3 Å². The van der Waals surface area contributed by atoms with Crippen molar-refractivity contribution in [3.63, 3.8) is 0 Å². The standard InChI is InChI=1S/C50H97NO9/c1-3-5-7-9-11-13-15-17-19-20-21-22-23-24-25-27-29-31-33-35-37-39-44(54)49(58)51-42(41-59-50-48(57)47(56)46(55)45(40-52)60-50)43(53)38-36-34-32-30-28-26-18-16-14-12-10-8-6-4-2/h23-24,42-48,50,52-57H,3-22,25-41H2,1-2H3,(H,51,58)/b24-23-. The fraction of sp³-hybridized carbons (Fsp3) is 0.940. The zero-order valence-electron chi connectivity index (χ0n) is 38.8. The second-order valence-electron chi connectivity index (χ2n) is 18.1. The quantitative estimate of drug-likeness (QED) is 0.0233. The number of amides is 1. The van der Waals surface area contributed by atoms with Crippen LogP contribution in [0.15, 0.2) is 12.2 Å². The van der Waals surface area contributed by atoms with E-state index in [1.165, 1.54) is 154 Å². The summed E-state index contributed by atoms with van der Waals surface area (Å²) in [6, 6.07) is -0.893. The molecule has 1 amide bonds. The van der Waals surface area contributed by atoms with Gasteiger partial charge in [0.05, 0.1) is 25.4 Å². The van der Waals surface area contributed by atoms with Gasteiger partial charge < -0.3 is 45.4 Å². The number of hydrogen-bond donors (Lipinski definition) is 7. The molecule has 8 atom stereocenters. The number of carbonyl (C=O) groups is 1. The van der Waals surface area contributed by atoms with Crippen molar-refractivity contribution in [1.29, 1.82) is 0 Å². The third kappa shape index (κ3) is 30.1. The summed E-state index contributed by atoms with van der Waals surface area (Å²) in [5, 5.41) is 65.0.